The molecule has 4 nitrogen and oxygen atoms in total. The van der Waals surface area contributed by atoms with E-state index in [1.54, 1.807) is 0 Å². The van der Waals surface area contributed by atoms with Crippen LogP contribution in [0.5, 0.6) is 0 Å². The first-order chi connectivity index (χ1) is 10.7. The molecule has 7 atom stereocenters. The normalized spacial score (nSPS) is 55.0. The zero-order valence-electron chi connectivity index (χ0n) is 14.3. The number of aliphatic hydroxyl groups excluding tert-OH is 1. The monoisotopic (exact) mass is 322 g/mol. The summed E-state index contributed by atoms with van der Waals surface area (Å²) < 4.78 is 0. The number of ketones is 1. The minimum atomic E-state index is -1.74. The molecular weight excluding hydrogens is 292 g/mol. The van der Waals surface area contributed by atoms with Gasteiger partial charge in [0, 0.05) is 30.6 Å². The van der Waals surface area contributed by atoms with Gasteiger partial charge in [0.15, 0.2) is 5.79 Å². The highest BCUT2D eigenvalue weighted by Crippen LogP contribution is 2.67. The summed E-state index contributed by atoms with van der Waals surface area (Å²) in [6.07, 6.45) is 5.70. The second-order valence-corrected chi connectivity index (χ2v) is 9.41. The molecule has 0 unspecified atom stereocenters. The minimum absolute atomic E-state index is 0.0794. The summed E-state index contributed by atoms with van der Waals surface area (Å²) in [6.45, 7) is 4.39. The predicted octanol–water partition coefficient (Wildman–Crippen LogP) is 2.25. The van der Waals surface area contributed by atoms with Crippen LogP contribution in [0.2, 0.25) is 0 Å². The number of carbonyl (C=O) groups excluding carboxylic acids is 1. The average molecular weight is 322 g/mol. The number of carbonyl (C=O) groups is 1. The second-order valence-electron chi connectivity index (χ2n) is 9.41. The van der Waals surface area contributed by atoms with Gasteiger partial charge in [0.2, 0.25) is 0 Å². The highest BCUT2D eigenvalue weighted by molar-refractivity contribution is 5.79. The minimum Gasteiger partial charge on any atom is -0.392 e. The fraction of sp³-hybridized carbons (Fsp3) is 0.947. The van der Waals surface area contributed by atoms with E-state index in [9.17, 15) is 20.1 Å². The van der Waals surface area contributed by atoms with Gasteiger partial charge in [-0.2, -0.15) is 0 Å². The lowest BCUT2D eigenvalue weighted by molar-refractivity contribution is -0.239. The van der Waals surface area contributed by atoms with Crippen molar-refractivity contribution in [3.05, 3.63) is 0 Å². The van der Waals surface area contributed by atoms with Crippen molar-refractivity contribution in [3.63, 3.8) is 0 Å². The van der Waals surface area contributed by atoms with Crippen molar-refractivity contribution >= 4 is 5.78 Å². The highest BCUT2D eigenvalue weighted by Gasteiger charge is 2.67. The van der Waals surface area contributed by atoms with E-state index in [-0.39, 0.29) is 29.1 Å². The molecule has 4 aliphatic rings. The molecule has 0 amide bonds. The van der Waals surface area contributed by atoms with Gasteiger partial charge in [0.05, 0.1) is 6.10 Å². The van der Waals surface area contributed by atoms with E-state index in [1.807, 2.05) is 6.92 Å². The van der Waals surface area contributed by atoms with E-state index in [4.69, 9.17) is 0 Å². The zero-order valence-corrected chi connectivity index (χ0v) is 14.3. The number of aliphatic hydroxyl groups is 3. The molecule has 0 aromatic rings. The second kappa shape index (κ2) is 4.80. The maximum atomic E-state index is 11.9. The van der Waals surface area contributed by atoms with Gasteiger partial charge in [-0.05, 0) is 55.3 Å². The Balaban J connectivity index is 1.70. The molecule has 0 aliphatic heterocycles. The lowest BCUT2D eigenvalue weighted by Crippen LogP contribution is -2.57. The number of fused-ring (bicyclic) bond motifs is 5. The SMILES string of the molecule is C[C@]12CC[C@H]3[C@@H](CC[C@H]4CC(=O)CC[C@@]43C)[C@@H]1C(O)(O)C[C@@H]2O. The molecule has 0 aromatic carbocycles. The Hall–Kier alpha value is -0.450. The molecule has 0 spiro atoms. The summed E-state index contributed by atoms with van der Waals surface area (Å²) >= 11 is 0. The molecule has 130 valence electrons. The quantitative estimate of drug-likeness (QED) is 0.598. The van der Waals surface area contributed by atoms with Gasteiger partial charge in [-0.1, -0.05) is 13.8 Å². The van der Waals surface area contributed by atoms with Crippen molar-refractivity contribution in [2.75, 3.05) is 0 Å². The van der Waals surface area contributed by atoms with Crippen molar-refractivity contribution < 1.29 is 20.1 Å². The number of Topliss-reactive ketones (excluding diaryl/α,β-unsaturated/α-hetero) is 1. The molecule has 3 N–H and O–H groups in total. The lowest BCUT2D eigenvalue weighted by Gasteiger charge is -2.60. The molecule has 0 radical (unpaired) electrons. The number of rotatable bonds is 0. The third-order valence-electron chi connectivity index (χ3n) is 8.45. The van der Waals surface area contributed by atoms with Crippen LogP contribution in [-0.4, -0.2) is 33.0 Å². The number of hydrogen-bond donors (Lipinski definition) is 3. The Morgan fingerprint density at radius 2 is 1.78 bits per heavy atom. The van der Waals surface area contributed by atoms with Crippen molar-refractivity contribution in [3.8, 4) is 0 Å². The van der Waals surface area contributed by atoms with Crippen LogP contribution < -0.4 is 0 Å². The van der Waals surface area contributed by atoms with Crippen LogP contribution in [0.4, 0.5) is 0 Å². The van der Waals surface area contributed by atoms with Crippen LogP contribution in [0.1, 0.15) is 65.2 Å². The molecule has 4 fully saturated rings. The summed E-state index contributed by atoms with van der Waals surface area (Å²) in [6, 6.07) is 0. The highest BCUT2D eigenvalue weighted by atomic mass is 16.5. The molecule has 0 heterocycles. The summed E-state index contributed by atoms with van der Waals surface area (Å²) in [5.41, 5.74) is -0.222. The van der Waals surface area contributed by atoms with Gasteiger partial charge >= 0.3 is 0 Å². The molecule has 4 rings (SSSR count). The number of hydrogen-bond acceptors (Lipinski definition) is 4. The Labute approximate surface area is 138 Å². The van der Waals surface area contributed by atoms with Crippen LogP contribution >= 0.6 is 0 Å². The molecule has 0 aromatic heterocycles. The van der Waals surface area contributed by atoms with Crippen molar-refractivity contribution in [2.24, 2.45) is 34.5 Å². The predicted molar refractivity (Wildman–Crippen MR) is 85.3 cm³/mol. The fourth-order valence-electron chi connectivity index (χ4n) is 7.17. The summed E-state index contributed by atoms with van der Waals surface area (Å²) in [5.74, 6) is -0.398. The lowest BCUT2D eigenvalue weighted by atomic mass is 9.45. The van der Waals surface area contributed by atoms with Crippen LogP contribution in [0.25, 0.3) is 0 Å². The smallest absolute Gasteiger partial charge is 0.168 e. The largest absolute Gasteiger partial charge is 0.392 e. The first-order valence-corrected chi connectivity index (χ1v) is 9.33. The summed E-state index contributed by atoms with van der Waals surface area (Å²) in [4.78, 5) is 11.9. The van der Waals surface area contributed by atoms with E-state index < -0.39 is 11.9 Å². The molecule has 4 heteroatoms. The molecular formula is C19H30O4. The van der Waals surface area contributed by atoms with Gasteiger partial charge in [-0.25, -0.2) is 0 Å². The molecule has 0 bridgehead atoms. The van der Waals surface area contributed by atoms with Gasteiger partial charge in [-0.15, -0.1) is 0 Å². The molecule has 0 saturated heterocycles. The van der Waals surface area contributed by atoms with Crippen LogP contribution in [0.15, 0.2) is 0 Å². The van der Waals surface area contributed by atoms with Gasteiger partial charge in [0.25, 0.3) is 0 Å². The third kappa shape index (κ3) is 2.04. The Morgan fingerprint density at radius 1 is 1.04 bits per heavy atom. The Bertz CT molecular complexity index is 529. The first-order valence-electron chi connectivity index (χ1n) is 9.33. The van der Waals surface area contributed by atoms with Gasteiger partial charge in [0.1, 0.15) is 5.78 Å². The average Bonchev–Trinajstić information content (AvgIpc) is 2.65. The Morgan fingerprint density at radius 3 is 2.52 bits per heavy atom. The van der Waals surface area contributed by atoms with Crippen LogP contribution in [-0.2, 0) is 4.79 Å². The van der Waals surface area contributed by atoms with E-state index in [2.05, 4.69) is 6.92 Å². The van der Waals surface area contributed by atoms with Crippen LogP contribution in [0.3, 0.4) is 0 Å². The third-order valence-corrected chi connectivity index (χ3v) is 8.45. The maximum absolute atomic E-state index is 11.9. The van der Waals surface area contributed by atoms with Gasteiger partial charge in [-0.3, -0.25) is 4.79 Å². The van der Waals surface area contributed by atoms with E-state index in [0.29, 0.717) is 30.5 Å². The zero-order chi connectivity index (χ0) is 16.6. The maximum Gasteiger partial charge on any atom is 0.168 e. The van der Waals surface area contributed by atoms with Crippen molar-refractivity contribution in [1.82, 2.24) is 0 Å². The topological polar surface area (TPSA) is 77.8 Å². The molecule has 4 aliphatic carbocycles. The standard InChI is InChI=1S/C19H30O4/c1-17-7-5-12(20)9-11(17)3-4-13-14(17)6-8-18(2)15(21)10-19(22,23)16(13)18/h11,13-16,21-23H,3-10H2,1-2H3/t11-,13+,14-,15-,16-,17-,18+/m0/s1. The molecule has 4 saturated carbocycles. The van der Waals surface area contributed by atoms with Crippen molar-refractivity contribution in [2.45, 2.75) is 77.1 Å². The van der Waals surface area contributed by atoms with Crippen LogP contribution in [0, 0.1) is 34.5 Å². The van der Waals surface area contributed by atoms with E-state index >= 15 is 0 Å². The fourth-order valence-corrected chi connectivity index (χ4v) is 7.17. The Kier molecular flexibility index (Phi) is 3.35. The van der Waals surface area contributed by atoms with Crippen molar-refractivity contribution in [1.29, 1.82) is 0 Å². The first kappa shape index (κ1) is 16.0. The van der Waals surface area contributed by atoms with E-state index in [1.165, 1.54) is 0 Å². The summed E-state index contributed by atoms with van der Waals surface area (Å²) in [5, 5.41) is 31.7. The van der Waals surface area contributed by atoms with E-state index in [0.717, 1.165) is 32.1 Å². The summed E-state index contributed by atoms with van der Waals surface area (Å²) in [7, 11) is 0. The van der Waals surface area contributed by atoms with Gasteiger partial charge < -0.3 is 15.3 Å². The molecule has 23 heavy (non-hydrogen) atoms.